The number of rotatable bonds is 12. The highest BCUT2D eigenvalue weighted by molar-refractivity contribution is 5.94. The minimum Gasteiger partial charge on any atom is -0.493 e. The first-order valence-electron chi connectivity index (χ1n) is 27.7. The van der Waals surface area contributed by atoms with Crippen LogP contribution >= 0.6 is 0 Å². The number of nitrogens with zero attached hydrogens (tertiary/aromatic N) is 16. The van der Waals surface area contributed by atoms with Gasteiger partial charge in [-0.05, 0) is 58.4 Å². The van der Waals surface area contributed by atoms with Gasteiger partial charge in [0.2, 0.25) is 0 Å². The van der Waals surface area contributed by atoms with E-state index in [2.05, 4.69) is 0 Å². The lowest BCUT2D eigenvalue weighted by Crippen LogP contribution is -2.69. The number of carbonyl (C=O) groups is 8. The highest BCUT2D eigenvalue weighted by Gasteiger charge is 2.80. The maximum atomic E-state index is 15.5. The second kappa shape index (κ2) is 16.7. The van der Waals surface area contributed by atoms with Crippen LogP contribution in [-0.4, -0.2) is 276 Å². The Hall–Kier alpha value is -8.32. The number of amides is 16. The number of hydrogen-bond donors (Lipinski definition) is 3. The van der Waals surface area contributed by atoms with Gasteiger partial charge in [-0.15, -0.1) is 0 Å². The van der Waals surface area contributed by atoms with Gasteiger partial charge in [0.1, 0.15) is 82.8 Å². The molecule has 0 aliphatic carbocycles. The zero-order valence-corrected chi connectivity index (χ0v) is 45.7. The lowest BCUT2D eigenvalue weighted by molar-refractivity contribution is -0.0871. The maximum absolute atomic E-state index is 15.5. The third kappa shape index (κ3) is 5.65. The van der Waals surface area contributed by atoms with E-state index in [9.17, 15) is 15.3 Å². The van der Waals surface area contributed by atoms with Crippen molar-refractivity contribution in [3.63, 3.8) is 0 Å². The van der Waals surface area contributed by atoms with E-state index in [1.807, 2.05) is 6.92 Å². The molecule has 2 aromatic carbocycles. The van der Waals surface area contributed by atoms with Crippen molar-refractivity contribution in [3.8, 4) is 23.0 Å². The Morgan fingerprint density at radius 1 is 0.354 bits per heavy atom. The smallest absolute Gasteiger partial charge is 0.326 e. The fraction of sp³-hybridized carbons (Fsp3) is 0.608. The average molecular weight is 1140 g/mol. The predicted octanol–water partition coefficient (Wildman–Crippen LogP) is 0.172. The molecule has 2 aromatic rings. The molecule has 15 rings (SSSR count). The van der Waals surface area contributed by atoms with E-state index < -0.39 is 129 Å². The zero-order valence-electron chi connectivity index (χ0n) is 45.7. The topological polar surface area (TPSA) is 286 Å². The van der Waals surface area contributed by atoms with E-state index in [1.165, 1.54) is 58.8 Å². The largest absolute Gasteiger partial charge is 0.493 e. The lowest BCUT2D eigenvalue weighted by Gasteiger charge is -2.49. The second-order valence-corrected chi connectivity index (χ2v) is 23.3. The number of hydrogen-bond acceptors (Lipinski definition) is 15. The monoisotopic (exact) mass is 1140 g/mol. The molecule has 13 aliphatic heterocycles. The molecule has 11 saturated heterocycles. The van der Waals surface area contributed by atoms with Gasteiger partial charge in [-0.25, -0.2) is 38.4 Å². The molecule has 0 bridgehead atoms. The van der Waals surface area contributed by atoms with Crippen LogP contribution in [-0.2, 0) is 26.2 Å². The zero-order chi connectivity index (χ0) is 57.2. The van der Waals surface area contributed by atoms with Gasteiger partial charge in [0, 0.05) is 22.3 Å². The summed E-state index contributed by atoms with van der Waals surface area (Å²) in [6.45, 7) is 5.61. The van der Waals surface area contributed by atoms with Crippen LogP contribution in [0.4, 0.5) is 38.4 Å². The first-order valence-corrected chi connectivity index (χ1v) is 27.7. The van der Waals surface area contributed by atoms with E-state index in [1.54, 1.807) is 71.6 Å². The van der Waals surface area contributed by atoms with Gasteiger partial charge in [0.05, 0.1) is 52.6 Å². The number of aliphatic hydroxyl groups excluding tert-OH is 3. The highest BCUT2D eigenvalue weighted by Crippen LogP contribution is 2.59. The quantitative estimate of drug-likeness (QED) is 0.256. The molecule has 13 aliphatic rings. The SMILES string of the molecule is CCCOc1ccc(OCCO)c2c1CN1C(=O)N3CN4C(=O)N5CN6C(=O)N7CN8C(=O)N9Cc%10c(OCCO)ccc(OCCO)c%10CN%10C(=O)N(CN%11C(=O)N(CN%12C(=O)N(CN%13C(=O)N(C2)[C@@]1(C)[C@]3%13C)[C@H]4[C@H]5%12)[C@H]6[C@H]7%11)C8(C)C9%10C. The predicted molar refractivity (Wildman–Crippen MR) is 272 cm³/mol. The molecule has 0 saturated carbocycles. The Kier molecular flexibility index (Phi) is 10.3. The van der Waals surface area contributed by atoms with Crippen molar-refractivity contribution in [2.45, 2.75) is 115 Å². The van der Waals surface area contributed by atoms with Crippen molar-refractivity contribution in [2.24, 2.45) is 0 Å². The summed E-state index contributed by atoms with van der Waals surface area (Å²) >= 11 is 0. The van der Waals surface area contributed by atoms with Crippen molar-refractivity contribution in [2.75, 3.05) is 86.3 Å². The van der Waals surface area contributed by atoms with Gasteiger partial charge >= 0.3 is 48.2 Å². The molecule has 13 heterocycles. The van der Waals surface area contributed by atoms with Crippen LogP contribution in [0.15, 0.2) is 24.3 Å². The van der Waals surface area contributed by atoms with Crippen LogP contribution in [0.3, 0.4) is 0 Å². The van der Waals surface area contributed by atoms with Gasteiger partial charge in [0.25, 0.3) is 0 Å². The summed E-state index contributed by atoms with van der Waals surface area (Å²) in [5.41, 5.74) is -3.72. The molecule has 0 spiro atoms. The van der Waals surface area contributed by atoms with Crippen LogP contribution in [0.2, 0.25) is 0 Å². The van der Waals surface area contributed by atoms with Gasteiger partial charge in [-0.2, -0.15) is 0 Å². The summed E-state index contributed by atoms with van der Waals surface area (Å²) in [6, 6.07) is 2.17. The standard InChI is InChI=1S/C51H62N16O15/c1-6-14-79-32-7-8-33(80-15-11-68)29-19-61-45(76)65-25-57-38-36-52(40(71)56(38)24-64-44(75)60(18-28(29)32)48(61,2)50(64,65)4)22-54-37-39-58(42(54)73)26-66-46(77)62-20-30-31(35(82-17-13-70)10-9-34(30)81-16-12-69)21-63-47(78)67(51(66,5)49(62,63)3)27-59(39)43(74)55(37)23-53(36)41(57)72/h7-10,36-39,68-70H,6,11-27H2,1-5H3/t36-,37+,38+,39-,48+,49?,50-,51?/m1/s1. The molecule has 2 unspecified atom stereocenters. The molecule has 31 nitrogen and oxygen atoms in total. The van der Waals surface area contributed by atoms with E-state index in [-0.39, 0.29) is 72.5 Å². The summed E-state index contributed by atoms with van der Waals surface area (Å²) in [5, 5.41) is 29.2. The number of fused-ring (bicyclic) bond motifs is 2. The normalized spacial score (nSPS) is 32.3. The lowest BCUT2D eigenvalue weighted by atomic mass is 9.95. The molecule has 31 heteroatoms. The second-order valence-electron chi connectivity index (χ2n) is 23.3. The van der Waals surface area contributed by atoms with Crippen molar-refractivity contribution in [1.82, 2.24) is 78.4 Å². The van der Waals surface area contributed by atoms with Gasteiger partial charge in [-0.3, -0.25) is 78.4 Å². The molecular formula is C51H62N16O15. The van der Waals surface area contributed by atoms with Crippen molar-refractivity contribution in [1.29, 1.82) is 0 Å². The number of urea groups is 8. The molecule has 82 heavy (non-hydrogen) atoms. The van der Waals surface area contributed by atoms with Crippen LogP contribution in [0.1, 0.15) is 63.3 Å². The minimum atomic E-state index is -1.55. The number of benzene rings is 2. The Balaban J connectivity index is 0.785. The molecule has 0 aromatic heterocycles. The maximum Gasteiger partial charge on any atom is 0.326 e. The number of carbonyl (C=O) groups excluding carboxylic acids is 8. The fourth-order valence-corrected chi connectivity index (χ4v) is 15.8. The van der Waals surface area contributed by atoms with Crippen molar-refractivity contribution in [3.05, 3.63) is 46.5 Å². The van der Waals surface area contributed by atoms with Gasteiger partial charge in [0.15, 0.2) is 47.3 Å². The number of ether oxygens (including phenoxy) is 4. The van der Waals surface area contributed by atoms with Crippen LogP contribution in [0.25, 0.3) is 0 Å². The Morgan fingerprint density at radius 2 is 0.573 bits per heavy atom. The third-order valence-electron chi connectivity index (χ3n) is 20.1. The first kappa shape index (κ1) is 50.6. The summed E-state index contributed by atoms with van der Waals surface area (Å²) in [7, 11) is 0. The summed E-state index contributed by atoms with van der Waals surface area (Å²) < 4.78 is 24.2. The molecule has 3 N–H and O–H groups in total. The highest BCUT2D eigenvalue weighted by atomic mass is 16.5. The van der Waals surface area contributed by atoms with Crippen LogP contribution < -0.4 is 18.9 Å². The minimum absolute atomic E-state index is 0.0232. The van der Waals surface area contributed by atoms with E-state index >= 15 is 38.4 Å². The van der Waals surface area contributed by atoms with Crippen molar-refractivity contribution >= 4 is 48.2 Å². The van der Waals surface area contributed by atoms with E-state index in [4.69, 9.17) is 18.9 Å². The molecule has 0 radical (unpaired) electrons. The van der Waals surface area contributed by atoms with Crippen LogP contribution in [0, 0.1) is 0 Å². The van der Waals surface area contributed by atoms with Gasteiger partial charge < -0.3 is 34.3 Å². The number of aliphatic hydroxyl groups is 3. The molecule has 436 valence electrons. The fourth-order valence-electron chi connectivity index (χ4n) is 15.8. The Labute approximate surface area is 468 Å². The van der Waals surface area contributed by atoms with Gasteiger partial charge in [-0.1, -0.05) is 6.92 Å². The first-order chi connectivity index (χ1) is 39.4. The molecule has 11 fully saturated rings. The average Bonchev–Trinajstić information content (AvgIpc) is 1.57. The summed E-state index contributed by atoms with van der Waals surface area (Å²) in [5.74, 6) is 1.59. The Morgan fingerprint density at radius 3 is 0.805 bits per heavy atom. The Bertz CT molecular complexity index is 2870. The van der Waals surface area contributed by atoms with E-state index in [0.29, 0.717) is 58.3 Å². The van der Waals surface area contributed by atoms with E-state index in [0.717, 1.165) is 0 Å². The molecule has 16 amide bonds. The summed E-state index contributed by atoms with van der Waals surface area (Å²) in [4.78, 5) is 147. The van der Waals surface area contributed by atoms with Crippen LogP contribution in [0.5, 0.6) is 23.0 Å². The van der Waals surface area contributed by atoms with Crippen molar-refractivity contribution < 1.29 is 72.6 Å². The third-order valence-corrected chi connectivity index (χ3v) is 20.1. The molecule has 8 atom stereocenters. The summed E-state index contributed by atoms with van der Waals surface area (Å²) in [6.07, 6.45) is -3.88. The molecular weight excluding hydrogens is 1080 g/mol.